The van der Waals surface area contributed by atoms with Gasteiger partial charge in [-0.25, -0.2) is 9.97 Å². The van der Waals surface area contributed by atoms with Crippen LogP contribution in [0, 0.1) is 26.7 Å². The van der Waals surface area contributed by atoms with Crippen molar-refractivity contribution >= 4 is 21.5 Å². The summed E-state index contributed by atoms with van der Waals surface area (Å²) in [6, 6.07) is 6.74. The van der Waals surface area contributed by atoms with Gasteiger partial charge in [-0.15, -0.1) is 11.3 Å². The Morgan fingerprint density at radius 1 is 1.11 bits per heavy atom. The molecule has 1 fully saturated rings. The summed E-state index contributed by atoms with van der Waals surface area (Å²) >= 11 is 1.61. The molecule has 1 atom stereocenters. The first-order chi connectivity index (χ1) is 16.7. The number of hydrogen-bond acceptors (Lipinski definition) is 8. The minimum absolute atomic E-state index is 0.0351. The summed E-state index contributed by atoms with van der Waals surface area (Å²) in [7, 11) is -1.84. The molecule has 2 aromatic heterocycles. The molecule has 2 aliphatic carbocycles. The number of pyridine rings is 1. The van der Waals surface area contributed by atoms with Crippen LogP contribution in [0.15, 0.2) is 35.4 Å². The Labute approximate surface area is 211 Å². The van der Waals surface area contributed by atoms with Crippen molar-refractivity contribution in [2.75, 3.05) is 20.3 Å². The van der Waals surface area contributed by atoms with Crippen LogP contribution in [-0.2, 0) is 27.1 Å². The first-order valence-electron chi connectivity index (χ1n) is 11.9. The van der Waals surface area contributed by atoms with Gasteiger partial charge in [-0.3, -0.25) is 4.18 Å². The van der Waals surface area contributed by atoms with Crippen LogP contribution in [0.5, 0.6) is 5.88 Å². The number of aromatic nitrogens is 2. The van der Waals surface area contributed by atoms with E-state index in [1.807, 2.05) is 34.0 Å². The fourth-order valence-electron chi connectivity index (χ4n) is 4.58. The molecule has 7 nitrogen and oxygen atoms in total. The first kappa shape index (κ1) is 24.4. The molecule has 1 aromatic carbocycles. The van der Waals surface area contributed by atoms with Crippen LogP contribution >= 0.6 is 11.3 Å². The smallest absolute Gasteiger partial charge is 0.296 e. The molecule has 0 amide bonds. The molecule has 2 aliphatic rings. The topological polar surface area (TPSA) is 90.4 Å². The number of ether oxygens (including phenoxy) is 1. The lowest BCUT2D eigenvalue weighted by atomic mass is 10.0. The molecule has 2 heterocycles. The monoisotopic (exact) mass is 513 g/mol. The molecule has 9 heteroatoms. The van der Waals surface area contributed by atoms with E-state index in [-0.39, 0.29) is 23.0 Å². The number of nitrogens with one attached hydrogen (secondary N) is 1. The van der Waals surface area contributed by atoms with Crippen molar-refractivity contribution in [2.45, 2.75) is 56.9 Å². The van der Waals surface area contributed by atoms with Crippen molar-refractivity contribution < 1.29 is 17.3 Å². The number of likely N-dealkylation sites (N-methyl/N-ethyl adjacent to an activating group) is 1. The average molecular weight is 514 g/mol. The summed E-state index contributed by atoms with van der Waals surface area (Å²) in [5.74, 6) is 0.676. The van der Waals surface area contributed by atoms with E-state index in [1.165, 1.54) is 5.56 Å². The molecule has 35 heavy (non-hydrogen) atoms. The summed E-state index contributed by atoms with van der Waals surface area (Å²) in [6.07, 6.45) is 5.47. The lowest BCUT2D eigenvalue weighted by Gasteiger charge is -2.18. The molecule has 0 aliphatic heterocycles. The van der Waals surface area contributed by atoms with Crippen LogP contribution in [0.25, 0.3) is 10.7 Å². The highest BCUT2D eigenvalue weighted by atomic mass is 32.2. The van der Waals surface area contributed by atoms with Gasteiger partial charge in [0.15, 0.2) is 0 Å². The Morgan fingerprint density at radius 3 is 2.46 bits per heavy atom. The number of nitrogens with zero attached hydrogens (tertiary/aromatic N) is 2. The van der Waals surface area contributed by atoms with Gasteiger partial charge in [0, 0.05) is 16.6 Å². The maximum atomic E-state index is 12.7. The standard InChI is InChI=1S/C26H31N3O4S2/c1-16-5-7-20(8-6-16)35(30,31)33-14-19-11-21-18(3)24(32-15-26(27-4)9-10-26)29-23(22(21)12-19)25-28-13-17(2)34-25/h5-8,13,19,27H,9-12,14-15H2,1-4H3. The minimum atomic E-state index is -3.81. The molecular formula is C26H31N3O4S2. The largest absolute Gasteiger partial charge is 0.475 e. The van der Waals surface area contributed by atoms with Crippen molar-refractivity contribution in [3.05, 3.63) is 57.6 Å². The third-order valence-corrected chi connectivity index (χ3v) is 9.30. The molecule has 186 valence electrons. The van der Waals surface area contributed by atoms with Crippen molar-refractivity contribution in [3.8, 4) is 16.6 Å². The maximum absolute atomic E-state index is 12.7. The first-order valence-corrected chi connectivity index (χ1v) is 14.2. The molecule has 0 spiro atoms. The van der Waals surface area contributed by atoms with Crippen LogP contribution in [0.1, 0.15) is 40.0 Å². The van der Waals surface area contributed by atoms with E-state index in [2.05, 4.69) is 10.3 Å². The number of hydrogen-bond donors (Lipinski definition) is 1. The fourth-order valence-corrected chi connectivity index (χ4v) is 6.34. The van der Waals surface area contributed by atoms with Gasteiger partial charge in [0.05, 0.1) is 17.0 Å². The van der Waals surface area contributed by atoms with Crippen LogP contribution in [0.3, 0.4) is 0 Å². The average Bonchev–Trinajstić information content (AvgIpc) is 3.27. The third-order valence-electron chi connectivity index (χ3n) is 7.08. The molecule has 0 saturated heterocycles. The second-order valence-corrected chi connectivity index (χ2v) is 12.6. The van der Waals surface area contributed by atoms with Gasteiger partial charge >= 0.3 is 0 Å². The van der Waals surface area contributed by atoms with Crippen LogP contribution in [0.2, 0.25) is 0 Å². The van der Waals surface area contributed by atoms with Crippen LogP contribution in [0.4, 0.5) is 0 Å². The van der Waals surface area contributed by atoms with E-state index in [4.69, 9.17) is 13.9 Å². The number of benzene rings is 1. The van der Waals surface area contributed by atoms with E-state index in [1.54, 1.807) is 35.6 Å². The van der Waals surface area contributed by atoms with E-state index in [0.29, 0.717) is 18.9 Å². The number of thiazole rings is 1. The molecule has 1 saturated carbocycles. The predicted octanol–water partition coefficient (Wildman–Crippen LogP) is 4.38. The Balaban J connectivity index is 1.39. The van der Waals surface area contributed by atoms with Gasteiger partial charge in [-0.05, 0) is 82.7 Å². The van der Waals surface area contributed by atoms with Crippen molar-refractivity contribution in [3.63, 3.8) is 0 Å². The Morgan fingerprint density at radius 2 is 1.83 bits per heavy atom. The second-order valence-electron chi connectivity index (χ2n) is 9.77. The zero-order chi connectivity index (χ0) is 24.8. The number of aryl methyl sites for hydroxylation is 2. The summed E-state index contributed by atoms with van der Waals surface area (Å²) in [4.78, 5) is 10.8. The minimum Gasteiger partial charge on any atom is -0.475 e. The fraction of sp³-hybridized carbons (Fsp3) is 0.462. The Kier molecular flexibility index (Phi) is 6.46. The zero-order valence-electron chi connectivity index (χ0n) is 20.6. The number of fused-ring (bicyclic) bond motifs is 1. The molecule has 1 unspecified atom stereocenters. The van der Waals surface area contributed by atoms with Crippen LogP contribution < -0.4 is 10.1 Å². The lowest BCUT2D eigenvalue weighted by molar-refractivity contribution is 0.249. The van der Waals surface area contributed by atoms with Gasteiger partial charge in [-0.2, -0.15) is 8.42 Å². The summed E-state index contributed by atoms with van der Waals surface area (Å²) in [6.45, 7) is 6.70. The van der Waals surface area contributed by atoms with E-state index < -0.39 is 10.1 Å². The van der Waals surface area contributed by atoms with Crippen molar-refractivity contribution in [1.82, 2.24) is 15.3 Å². The van der Waals surface area contributed by atoms with E-state index in [9.17, 15) is 8.42 Å². The highest BCUT2D eigenvalue weighted by Crippen LogP contribution is 2.41. The molecular weight excluding hydrogens is 482 g/mol. The van der Waals surface area contributed by atoms with Gasteiger partial charge in [0.1, 0.15) is 17.3 Å². The summed E-state index contributed by atoms with van der Waals surface area (Å²) in [5.41, 5.74) is 5.22. The second kappa shape index (κ2) is 9.28. The zero-order valence-corrected chi connectivity index (χ0v) is 22.2. The van der Waals surface area contributed by atoms with E-state index in [0.717, 1.165) is 51.5 Å². The molecule has 1 N–H and O–H groups in total. The summed E-state index contributed by atoms with van der Waals surface area (Å²) in [5, 5.41) is 4.23. The highest BCUT2D eigenvalue weighted by molar-refractivity contribution is 7.86. The molecule has 3 aromatic rings. The predicted molar refractivity (Wildman–Crippen MR) is 137 cm³/mol. The SMILES string of the molecule is CNC1(COc2nc(-c3ncc(C)s3)c3c(c2C)CC(COS(=O)(=O)c2ccc(C)cc2)C3)CC1. The van der Waals surface area contributed by atoms with Gasteiger partial charge < -0.3 is 10.1 Å². The van der Waals surface area contributed by atoms with Crippen molar-refractivity contribution in [1.29, 1.82) is 0 Å². The maximum Gasteiger partial charge on any atom is 0.296 e. The third kappa shape index (κ3) is 5.00. The van der Waals surface area contributed by atoms with Gasteiger partial charge in [0.2, 0.25) is 5.88 Å². The van der Waals surface area contributed by atoms with Gasteiger partial charge in [-0.1, -0.05) is 17.7 Å². The quantitative estimate of drug-likeness (QED) is 0.425. The van der Waals surface area contributed by atoms with Gasteiger partial charge in [0.25, 0.3) is 10.1 Å². The normalized spacial score (nSPS) is 18.5. The van der Waals surface area contributed by atoms with E-state index >= 15 is 0 Å². The van der Waals surface area contributed by atoms with Crippen molar-refractivity contribution in [2.24, 2.45) is 5.92 Å². The Hall–Kier alpha value is -2.33. The lowest BCUT2D eigenvalue weighted by Crippen LogP contribution is -2.34. The number of rotatable bonds is 9. The molecule has 5 rings (SSSR count). The highest BCUT2D eigenvalue weighted by Gasteiger charge is 2.42. The molecule has 0 radical (unpaired) electrons. The summed E-state index contributed by atoms with van der Waals surface area (Å²) < 4.78 is 37.2. The molecule has 0 bridgehead atoms. The Bertz CT molecular complexity index is 1350. The van der Waals surface area contributed by atoms with Crippen LogP contribution in [-0.4, -0.2) is 44.2 Å².